The average Bonchev–Trinajstić information content (AvgIpc) is 3.03. The Morgan fingerprint density at radius 2 is 1.86 bits per heavy atom. The maximum Gasteiger partial charge on any atom is 0.0471 e. The van der Waals surface area contributed by atoms with Gasteiger partial charge in [-0.2, -0.15) is 0 Å². The van der Waals surface area contributed by atoms with Crippen LogP contribution >= 0.6 is 0 Å². The molecule has 3 rings (SSSR count). The van der Waals surface area contributed by atoms with E-state index in [0.717, 1.165) is 19.1 Å². The van der Waals surface area contributed by atoms with Crippen molar-refractivity contribution in [2.24, 2.45) is 5.73 Å². The van der Waals surface area contributed by atoms with E-state index in [2.05, 4.69) is 41.0 Å². The molecule has 1 saturated carbocycles. The first-order valence-electron chi connectivity index (χ1n) is 8.52. The van der Waals surface area contributed by atoms with E-state index < -0.39 is 0 Å². The number of benzene rings is 1. The number of nitrogens with zero attached hydrogens (tertiary/aromatic N) is 2. The average molecular weight is 287 g/mol. The lowest BCUT2D eigenvalue weighted by atomic mass is 10.0. The highest BCUT2D eigenvalue weighted by atomic mass is 15.3. The van der Waals surface area contributed by atoms with Crippen LogP contribution < -0.4 is 5.73 Å². The lowest BCUT2D eigenvalue weighted by Gasteiger charge is -2.41. The van der Waals surface area contributed by atoms with Crippen molar-refractivity contribution in [1.82, 2.24) is 9.80 Å². The molecule has 1 saturated heterocycles. The molecule has 1 aromatic rings. The van der Waals surface area contributed by atoms with Gasteiger partial charge < -0.3 is 5.73 Å². The second-order valence-electron chi connectivity index (χ2n) is 6.68. The zero-order valence-corrected chi connectivity index (χ0v) is 13.3. The summed E-state index contributed by atoms with van der Waals surface area (Å²) in [6.07, 6.45) is 5.69. The Bertz CT molecular complexity index is 446. The standard InChI is InChI=1S/C18H29N3/c1-15-5-4-6-16(13-15)18(14-19)21-11-9-20(10-12-21)17-7-2-3-8-17/h4-6,13,17-18H,2-3,7-12,14,19H2,1H3. The van der Waals surface area contributed by atoms with Crippen LogP contribution in [0.2, 0.25) is 0 Å². The summed E-state index contributed by atoms with van der Waals surface area (Å²) in [5.41, 5.74) is 8.80. The molecule has 1 aliphatic heterocycles. The Morgan fingerprint density at radius 3 is 2.48 bits per heavy atom. The van der Waals surface area contributed by atoms with Gasteiger partial charge in [0, 0.05) is 44.8 Å². The molecule has 0 aromatic heterocycles. The van der Waals surface area contributed by atoms with Gasteiger partial charge in [0.1, 0.15) is 0 Å². The van der Waals surface area contributed by atoms with E-state index in [1.807, 2.05) is 0 Å². The van der Waals surface area contributed by atoms with Gasteiger partial charge >= 0.3 is 0 Å². The largest absolute Gasteiger partial charge is 0.329 e. The lowest BCUT2D eigenvalue weighted by molar-refractivity contribution is 0.0722. The van der Waals surface area contributed by atoms with E-state index in [0.29, 0.717) is 12.6 Å². The Balaban J connectivity index is 1.61. The molecule has 1 aliphatic carbocycles. The van der Waals surface area contributed by atoms with E-state index >= 15 is 0 Å². The van der Waals surface area contributed by atoms with Crippen LogP contribution in [0.15, 0.2) is 24.3 Å². The number of piperazine rings is 1. The van der Waals surface area contributed by atoms with Crippen LogP contribution in [0.5, 0.6) is 0 Å². The fraction of sp³-hybridized carbons (Fsp3) is 0.667. The minimum atomic E-state index is 0.385. The summed E-state index contributed by atoms with van der Waals surface area (Å²) in [5, 5.41) is 0. The Morgan fingerprint density at radius 1 is 1.14 bits per heavy atom. The van der Waals surface area contributed by atoms with Gasteiger partial charge in [-0.15, -0.1) is 0 Å². The van der Waals surface area contributed by atoms with Gasteiger partial charge in [-0.05, 0) is 25.3 Å². The molecule has 0 amide bonds. The molecule has 2 fully saturated rings. The van der Waals surface area contributed by atoms with Gasteiger partial charge in [0.25, 0.3) is 0 Å². The van der Waals surface area contributed by atoms with E-state index in [9.17, 15) is 0 Å². The molecule has 1 heterocycles. The number of aryl methyl sites for hydroxylation is 1. The van der Waals surface area contributed by atoms with Crippen LogP contribution in [0, 0.1) is 6.92 Å². The van der Waals surface area contributed by atoms with E-state index in [4.69, 9.17) is 5.73 Å². The first kappa shape index (κ1) is 15.0. The third-order valence-electron chi connectivity index (χ3n) is 5.28. The molecular weight excluding hydrogens is 258 g/mol. The molecule has 116 valence electrons. The minimum Gasteiger partial charge on any atom is -0.329 e. The molecule has 1 unspecified atom stereocenters. The number of hydrogen-bond donors (Lipinski definition) is 1. The molecule has 0 radical (unpaired) electrons. The van der Waals surface area contributed by atoms with Crippen LogP contribution in [0.1, 0.15) is 42.9 Å². The Kier molecular flexibility index (Phi) is 4.94. The van der Waals surface area contributed by atoms with Crippen molar-refractivity contribution in [2.45, 2.75) is 44.7 Å². The topological polar surface area (TPSA) is 32.5 Å². The van der Waals surface area contributed by atoms with Crippen LogP contribution in [-0.2, 0) is 0 Å². The molecule has 3 heteroatoms. The van der Waals surface area contributed by atoms with Gasteiger partial charge in [0.05, 0.1) is 0 Å². The number of nitrogens with two attached hydrogens (primary N) is 1. The van der Waals surface area contributed by atoms with Crippen LogP contribution in [0.25, 0.3) is 0 Å². The lowest BCUT2D eigenvalue weighted by Crippen LogP contribution is -2.51. The summed E-state index contributed by atoms with van der Waals surface area (Å²) in [6, 6.07) is 10.1. The Hall–Kier alpha value is -0.900. The van der Waals surface area contributed by atoms with Gasteiger partial charge in [-0.1, -0.05) is 42.7 Å². The highest BCUT2D eigenvalue weighted by Crippen LogP contribution is 2.27. The molecule has 3 nitrogen and oxygen atoms in total. The van der Waals surface area contributed by atoms with E-state index in [-0.39, 0.29) is 0 Å². The predicted molar refractivity (Wildman–Crippen MR) is 88.4 cm³/mol. The first-order chi connectivity index (χ1) is 10.3. The zero-order valence-electron chi connectivity index (χ0n) is 13.3. The summed E-state index contributed by atoms with van der Waals surface area (Å²) in [4.78, 5) is 5.30. The molecule has 21 heavy (non-hydrogen) atoms. The number of hydrogen-bond acceptors (Lipinski definition) is 3. The quantitative estimate of drug-likeness (QED) is 0.924. The normalized spacial score (nSPS) is 23.5. The number of rotatable bonds is 4. The molecule has 0 bridgehead atoms. The minimum absolute atomic E-state index is 0.385. The second-order valence-corrected chi connectivity index (χ2v) is 6.68. The van der Waals surface area contributed by atoms with Crippen molar-refractivity contribution >= 4 is 0 Å². The van der Waals surface area contributed by atoms with Gasteiger partial charge in [-0.25, -0.2) is 0 Å². The summed E-state index contributed by atoms with van der Waals surface area (Å²) >= 11 is 0. The van der Waals surface area contributed by atoms with Crippen molar-refractivity contribution in [3.63, 3.8) is 0 Å². The molecular formula is C18H29N3. The van der Waals surface area contributed by atoms with Gasteiger partial charge in [-0.3, -0.25) is 9.80 Å². The molecule has 0 spiro atoms. The zero-order chi connectivity index (χ0) is 14.7. The van der Waals surface area contributed by atoms with Crippen molar-refractivity contribution in [1.29, 1.82) is 0 Å². The van der Waals surface area contributed by atoms with Crippen molar-refractivity contribution in [3.05, 3.63) is 35.4 Å². The fourth-order valence-corrected chi connectivity index (χ4v) is 4.06. The Labute approximate surface area is 129 Å². The van der Waals surface area contributed by atoms with Crippen LogP contribution in [0.3, 0.4) is 0 Å². The van der Waals surface area contributed by atoms with Crippen molar-refractivity contribution in [3.8, 4) is 0 Å². The van der Waals surface area contributed by atoms with E-state index in [1.165, 1.54) is 49.9 Å². The summed E-state index contributed by atoms with van der Waals surface area (Å²) in [7, 11) is 0. The van der Waals surface area contributed by atoms with E-state index in [1.54, 1.807) is 0 Å². The molecule has 1 aromatic carbocycles. The smallest absolute Gasteiger partial charge is 0.0471 e. The highest BCUT2D eigenvalue weighted by Gasteiger charge is 2.29. The van der Waals surface area contributed by atoms with Crippen LogP contribution in [0.4, 0.5) is 0 Å². The summed E-state index contributed by atoms with van der Waals surface area (Å²) in [6.45, 7) is 7.63. The SMILES string of the molecule is Cc1cccc(C(CN)N2CCN(C3CCCC3)CC2)c1. The summed E-state index contributed by atoms with van der Waals surface area (Å²) < 4.78 is 0. The van der Waals surface area contributed by atoms with Crippen molar-refractivity contribution in [2.75, 3.05) is 32.7 Å². The molecule has 2 N–H and O–H groups in total. The highest BCUT2D eigenvalue weighted by molar-refractivity contribution is 5.25. The third kappa shape index (κ3) is 3.47. The fourth-order valence-electron chi connectivity index (χ4n) is 4.06. The summed E-state index contributed by atoms with van der Waals surface area (Å²) in [5.74, 6) is 0. The second kappa shape index (κ2) is 6.91. The predicted octanol–water partition coefficient (Wildman–Crippen LogP) is 2.56. The van der Waals surface area contributed by atoms with Gasteiger partial charge in [0.2, 0.25) is 0 Å². The monoisotopic (exact) mass is 287 g/mol. The maximum absolute atomic E-state index is 6.09. The van der Waals surface area contributed by atoms with Gasteiger partial charge in [0.15, 0.2) is 0 Å². The third-order valence-corrected chi connectivity index (χ3v) is 5.28. The van der Waals surface area contributed by atoms with Crippen LogP contribution in [-0.4, -0.2) is 48.6 Å². The first-order valence-corrected chi connectivity index (χ1v) is 8.52. The van der Waals surface area contributed by atoms with Crippen molar-refractivity contribution < 1.29 is 0 Å². The molecule has 1 atom stereocenters. The molecule has 2 aliphatic rings. The maximum atomic E-state index is 6.09.